The van der Waals surface area contributed by atoms with Gasteiger partial charge in [0.05, 0.1) is 0 Å². The predicted octanol–water partition coefficient (Wildman–Crippen LogP) is 3.34. The van der Waals surface area contributed by atoms with E-state index in [1.807, 2.05) is 36.4 Å². The first-order valence-corrected chi connectivity index (χ1v) is 10.4. The summed E-state index contributed by atoms with van der Waals surface area (Å²) in [5, 5.41) is 6.30. The maximum absolute atomic E-state index is 13.0. The van der Waals surface area contributed by atoms with E-state index in [2.05, 4.69) is 22.8 Å². The third-order valence-electron chi connectivity index (χ3n) is 5.55. The lowest BCUT2D eigenvalue weighted by Gasteiger charge is -2.18. The number of hydrogen-bond donors (Lipinski definition) is 2. The van der Waals surface area contributed by atoms with Crippen LogP contribution in [0, 0.1) is 0 Å². The number of nitrogens with zero attached hydrogens (tertiary/aromatic N) is 1. The molecular weight excluding hydrogens is 394 g/mol. The van der Waals surface area contributed by atoms with Gasteiger partial charge in [0.1, 0.15) is 17.9 Å². The highest BCUT2D eigenvalue weighted by molar-refractivity contribution is 6.09. The molecule has 7 heteroatoms. The summed E-state index contributed by atoms with van der Waals surface area (Å²) < 4.78 is 5.79. The third-order valence-corrected chi connectivity index (χ3v) is 5.55. The molecule has 7 nitrogen and oxygen atoms in total. The first-order chi connectivity index (χ1) is 15.0. The summed E-state index contributed by atoms with van der Waals surface area (Å²) in [5.74, 6) is -0.524. The van der Waals surface area contributed by atoms with Crippen molar-refractivity contribution in [1.82, 2.24) is 15.5 Å². The van der Waals surface area contributed by atoms with Crippen LogP contribution >= 0.6 is 0 Å². The molecule has 0 radical (unpaired) electrons. The molecule has 160 valence electrons. The van der Waals surface area contributed by atoms with Gasteiger partial charge >= 0.3 is 6.03 Å². The van der Waals surface area contributed by atoms with E-state index in [9.17, 15) is 14.4 Å². The van der Waals surface area contributed by atoms with Gasteiger partial charge in [-0.2, -0.15) is 0 Å². The van der Waals surface area contributed by atoms with Crippen molar-refractivity contribution in [1.29, 1.82) is 0 Å². The summed E-state index contributed by atoms with van der Waals surface area (Å²) >= 11 is 0. The minimum atomic E-state index is -1.34. The van der Waals surface area contributed by atoms with Crippen molar-refractivity contribution in [2.45, 2.75) is 31.7 Å². The number of nitrogens with one attached hydrogen (secondary N) is 2. The molecule has 4 amide bonds. The van der Waals surface area contributed by atoms with E-state index in [4.69, 9.17) is 4.42 Å². The van der Waals surface area contributed by atoms with Crippen LogP contribution in [-0.2, 0) is 21.5 Å². The zero-order valence-electron chi connectivity index (χ0n) is 17.4. The highest BCUT2D eigenvalue weighted by Gasteiger charge is 2.51. The molecule has 31 heavy (non-hydrogen) atoms. The Balaban J connectivity index is 1.30. The number of imide groups is 1. The van der Waals surface area contributed by atoms with E-state index in [-0.39, 0.29) is 12.5 Å². The Morgan fingerprint density at radius 1 is 1.06 bits per heavy atom. The lowest BCUT2D eigenvalue weighted by Crippen LogP contribution is -2.43. The van der Waals surface area contributed by atoms with Crippen molar-refractivity contribution in [3.63, 3.8) is 0 Å². The lowest BCUT2D eigenvalue weighted by molar-refractivity contribution is -0.135. The summed E-state index contributed by atoms with van der Waals surface area (Å²) in [6.45, 7) is 1.77. The maximum atomic E-state index is 13.0. The van der Waals surface area contributed by atoms with E-state index in [1.165, 1.54) is 5.56 Å². The Morgan fingerprint density at radius 2 is 1.81 bits per heavy atom. The summed E-state index contributed by atoms with van der Waals surface area (Å²) in [4.78, 5) is 38.7. The summed E-state index contributed by atoms with van der Waals surface area (Å²) in [6, 6.07) is 18.7. The Labute approximate surface area is 180 Å². The molecule has 2 aromatic carbocycles. The lowest BCUT2D eigenvalue weighted by atomic mass is 9.99. The molecular formula is C24H25N3O4. The number of para-hydroxylation sites is 1. The summed E-state index contributed by atoms with van der Waals surface area (Å²) in [5.41, 5.74) is 0.553. The van der Waals surface area contributed by atoms with Crippen molar-refractivity contribution >= 4 is 28.8 Å². The molecule has 3 aromatic rings. The van der Waals surface area contributed by atoms with Crippen molar-refractivity contribution in [3.05, 3.63) is 72.0 Å². The van der Waals surface area contributed by atoms with Gasteiger partial charge in [0.15, 0.2) is 5.54 Å². The molecule has 4 rings (SSSR count). The average molecular weight is 419 g/mol. The Hall–Kier alpha value is -3.61. The molecule has 1 fully saturated rings. The van der Waals surface area contributed by atoms with Crippen LogP contribution in [0.1, 0.15) is 31.1 Å². The first kappa shape index (κ1) is 20.7. The number of benzene rings is 2. The molecule has 1 aromatic heterocycles. The van der Waals surface area contributed by atoms with Crippen LogP contribution < -0.4 is 10.6 Å². The van der Waals surface area contributed by atoms with Crippen molar-refractivity contribution in [2.75, 3.05) is 13.1 Å². The number of rotatable bonds is 8. The van der Waals surface area contributed by atoms with E-state index < -0.39 is 17.5 Å². The molecule has 1 aliphatic rings. The number of fused-ring (bicyclic) bond motifs is 1. The molecule has 0 spiro atoms. The molecule has 1 aliphatic heterocycles. The Bertz CT molecular complexity index is 1080. The van der Waals surface area contributed by atoms with Crippen molar-refractivity contribution in [2.24, 2.45) is 0 Å². The van der Waals surface area contributed by atoms with E-state index in [1.54, 1.807) is 19.1 Å². The molecule has 2 N–H and O–H groups in total. The molecule has 2 heterocycles. The fourth-order valence-corrected chi connectivity index (χ4v) is 3.76. The van der Waals surface area contributed by atoms with E-state index in [0.29, 0.717) is 17.9 Å². The average Bonchev–Trinajstić information content (AvgIpc) is 3.30. The number of urea groups is 1. The summed E-state index contributed by atoms with van der Waals surface area (Å²) in [6.07, 6.45) is 2.70. The number of unbranched alkanes of at least 4 members (excludes halogenated alkanes) is 1. The van der Waals surface area contributed by atoms with Gasteiger partial charge in [-0.15, -0.1) is 0 Å². The Kier molecular flexibility index (Phi) is 5.75. The van der Waals surface area contributed by atoms with Crippen LogP contribution in [0.15, 0.2) is 65.1 Å². The van der Waals surface area contributed by atoms with Crippen molar-refractivity contribution in [3.8, 4) is 0 Å². The van der Waals surface area contributed by atoms with Gasteiger partial charge in [-0.3, -0.25) is 14.5 Å². The second kappa shape index (κ2) is 8.63. The monoisotopic (exact) mass is 419 g/mol. The number of carbonyl (C=O) groups is 3. The smallest absolute Gasteiger partial charge is 0.325 e. The first-order valence-electron chi connectivity index (χ1n) is 10.4. The van der Waals surface area contributed by atoms with Crippen LogP contribution in [0.5, 0.6) is 0 Å². The van der Waals surface area contributed by atoms with Crippen LogP contribution in [0.2, 0.25) is 0 Å². The fraction of sp³-hybridized carbons (Fsp3) is 0.292. The number of hydrogen-bond acceptors (Lipinski definition) is 4. The van der Waals surface area contributed by atoms with Gasteiger partial charge in [-0.25, -0.2) is 4.79 Å². The van der Waals surface area contributed by atoms with Crippen LogP contribution in [-0.4, -0.2) is 35.8 Å². The van der Waals surface area contributed by atoms with Gasteiger partial charge in [0.2, 0.25) is 5.91 Å². The number of aryl methyl sites for hydroxylation is 1. The van der Waals surface area contributed by atoms with Crippen LogP contribution in [0.3, 0.4) is 0 Å². The second-order valence-corrected chi connectivity index (χ2v) is 7.89. The minimum absolute atomic E-state index is 0.320. The fourth-order valence-electron chi connectivity index (χ4n) is 3.76. The highest BCUT2D eigenvalue weighted by atomic mass is 16.3. The quantitative estimate of drug-likeness (QED) is 0.433. The third kappa shape index (κ3) is 4.30. The SMILES string of the molecule is CC1(c2cc3ccccc3o2)NC(=O)N(CC(=O)NCCCCc2ccccc2)C1=O. The second-order valence-electron chi connectivity index (χ2n) is 7.89. The largest absolute Gasteiger partial charge is 0.458 e. The molecule has 1 atom stereocenters. The molecule has 1 saturated heterocycles. The maximum Gasteiger partial charge on any atom is 0.325 e. The summed E-state index contributed by atoms with van der Waals surface area (Å²) in [7, 11) is 0. The highest BCUT2D eigenvalue weighted by Crippen LogP contribution is 2.32. The van der Waals surface area contributed by atoms with Crippen molar-refractivity contribution < 1.29 is 18.8 Å². The van der Waals surface area contributed by atoms with E-state index >= 15 is 0 Å². The predicted molar refractivity (Wildman–Crippen MR) is 116 cm³/mol. The topological polar surface area (TPSA) is 91.7 Å². The zero-order chi connectivity index (χ0) is 21.8. The number of furan rings is 1. The van der Waals surface area contributed by atoms with Crippen LogP contribution in [0.25, 0.3) is 11.0 Å². The van der Waals surface area contributed by atoms with Gasteiger partial charge in [-0.05, 0) is 43.9 Å². The van der Waals surface area contributed by atoms with Gasteiger partial charge in [0.25, 0.3) is 5.91 Å². The normalized spacial score (nSPS) is 18.4. The van der Waals surface area contributed by atoms with E-state index in [0.717, 1.165) is 29.5 Å². The van der Waals surface area contributed by atoms with Gasteiger partial charge < -0.3 is 15.1 Å². The Morgan fingerprint density at radius 3 is 2.58 bits per heavy atom. The molecule has 1 unspecified atom stereocenters. The zero-order valence-corrected chi connectivity index (χ0v) is 17.4. The number of amides is 4. The van der Waals surface area contributed by atoms with Gasteiger partial charge in [-0.1, -0.05) is 48.5 Å². The number of carbonyl (C=O) groups excluding carboxylic acids is 3. The molecule has 0 aliphatic carbocycles. The molecule has 0 saturated carbocycles. The van der Waals surface area contributed by atoms with Gasteiger partial charge in [0, 0.05) is 11.9 Å². The standard InChI is InChI=1S/C24H25N3O4/c1-24(20-15-18-12-5-6-13-19(18)31-20)22(29)27(23(30)26-24)16-21(28)25-14-8-7-11-17-9-3-2-4-10-17/h2-6,9-10,12-13,15H,7-8,11,14,16H2,1H3,(H,25,28)(H,26,30). The van der Waals surface area contributed by atoms with Crippen LogP contribution in [0.4, 0.5) is 4.79 Å². The minimum Gasteiger partial charge on any atom is -0.458 e. The molecule has 0 bridgehead atoms.